The number of pyridine rings is 1. The third kappa shape index (κ3) is 2.91. The minimum atomic E-state index is -0.110. The number of ether oxygens (including phenoxy) is 1. The molecule has 2 aromatic rings. The Balaban J connectivity index is 2.32. The zero-order chi connectivity index (χ0) is 13.8. The van der Waals surface area contributed by atoms with E-state index >= 15 is 0 Å². The van der Waals surface area contributed by atoms with Crippen molar-refractivity contribution < 1.29 is 9.53 Å². The molecule has 98 valence electrons. The zero-order valence-electron chi connectivity index (χ0n) is 11.0. The quantitative estimate of drug-likeness (QED) is 0.674. The Morgan fingerprint density at radius 2 is 2.05 bits per heavy atom. The molecule has 0 aliphatic heterocycles. The lowest BCUT2D eigenvalue weighted by Crippen LogP contribution is -2.04. The zero-order valence-corrected chi connectivity index (χ0v) is 11.0. The van der Waals surface area contributed by atoms with Crippen LogP contribution in [0.3, 0.4) is 0 Å². The summed E-state index contributed by atoms with van der Waals surface area (Å²) >= 11 is 0. The molecule has 1 aromatic heterocycles. The van der Waals surface area contributed by atoms with E-state index in [9.17, 15) is 4.79 Å². The average molecular weight is 256 g/mol. The SMILES string of the molecule is CCOc1cncc(C(=O)c2ccc(C)c(N)c2)c1. The molecular weight excluding hydrogens is 240 g/mol. The number of nitrogens with two attached hydrogens (primary N) is 1. The van der Waals surface area contributed by atoms with Gasteiger partial charge in [0.05, 0.1) is 12.8 Å². The number of hydrogen-bond acceptors (Lipinski definition) is 4. The highest BCUT2D eigenvalue weighted by Gasteiger charge is 2.11. The number of anilines is 1. The van der Waals surface area contributed by atoms with Crippen molar-refractivity contribution in [3.63, 3.8) is 0 Å². The third-order valence-corrected chi connectivity index (χ3v) is 2.83. The van der Waals surface area contributed by atoms with Crippen LogP contribution in [0.2, 0.25) is 0 Å². The monoisotopic (exact) mass is 256 g/mol. The van der Waals surface area contributed by atoms with E-state index in [1.807, 2.05) is 19.9 Å². The van der Waals surface area contributed by atoms with Gasteiger partial charge in [-0.05, 0) is 31.5 Å². The van der Waals surface area contributed by atoms with E-state index in [1.165, 1.54) is 6.20 Å². The summed E-state index contributed by atoms with van der Waals surface area (Å²) in [5.74, 6) is 0.481. The average Bonchev–Trinajstić information content (AvgIpc) is 2.42. The smallest absolute Gasteiger partial charge is 0.194 e. The number of carbonyl (C=O) groups excluding carboxylic acids is 1. The Kier molecular flexibility index (Phi) is 3.80. The number of hydrogen-bond donors (Lipinski definition) is 1. The molecular formula is C15H16N2O2. The normalized spacial score (nSPS) is 10.2. The first-order valence-electron chi connectivity index (χ1n) is 6.10. The summed E-state index contributed by atoms with van der Waals surface area (Å²) in [6.45, 7) is 4.33. The van der Waals surface area contributed by atoms with E-state index in [0.29, 0.717) is 29.2 Å². The van der Waals surface area contributed by atoms with Gasteiger partial charge in [0.15, 0.2) is 5.78 Å². The molecule has 2 rings (SSSR count). The lowest BCUT2D eigenvalue weighted by atomic mass is 10.0. The van der Waals surface area contributed by atoms with E-state index in [-0.39, 0.29) is 5.78 Å². The number of aryl methyl sites for hydroxylation is 1. The third-order valence-electron chi connectivity index (χ3n) is 2.83. The molecule has 0 saturated heterocycles. The Morgan fingerprint density at radius 3 is 2.74 bits per heavy atom. The highest BCUT2D eigenvalue weighted by atomic mass is 16.5. The van der Waals surface area contributed by atoms with E-state index in [2.05, 4.69) is 4.98 Å². The predicted octanol–water partition coefficient (Wildman–Crippen LogP) is 2.60. The Hall–Kier alpha value is -2.36. The molecule has 4 nitrogen and oxygen atoms in total. The van der Waals surface area contributed by atoms with E-state index in [1.54, 1.807) is 24.4 Å². The molecule has 2 N–H and O–H groups in total. The van der Waals surface area contributed by atoms with Crippen LogP contribution in [-0.2, 0) is 0 Å². The van der Waals surface area contributed by atoms with Crippen LogP contribution in [-0.4, -0.2) is 17.4 Å². The molecule has 0 unspecified atom stereocenters. The minimum Gasteiger partial charge on any atom is -0.492 e. The largest absolute Gasteiger partial charge is 0.492 e. The van der Waals surface area contributed by atoms with Gasteiger partial charge in [-0.3, -0.25) is 9.78 Å². The maximum Gasteiger partial charge on any atom is 0.194 e. The standard InChI is InChI=1S/C15H16N2O2/c1-3-19-13-6-12(8-17-9-13)15(18)11-5-4-10(2)14(16)7-11/h4-9H,3,16H2,1-2H3. The number of nitrogen functional groups attached to an aromatic ring is 1. The topological polar surface area (TPSA) is 65.2 Å². The van der Waals surface area contributed by atoms with Gasteiger partial charge in [0.2, 0.25) is 0 Å². The van der Waals surface area contributed by atoms with Gasteiger partial charge in [0.25, 0.3) is 0 Å². The fourth-order valence-electron chi connectivity index (χ4n) is 1.74. The van der Waals surface area contributed by atoms with Gasteiger partial charge in [0.1, 0.15) is 5.75 Å². The lowest BCUT2D eigenvalue weighted by molar-refractivity contribution is 0.103. The summed E-state index contributed by atoms with van der Waals surface area (Å²) in [4.78, 5) is 16.3. The Labute approximate surface area is 112 Å². The number of carbonyl (C=O) groups is 1. The van der Waals surface area contributed by atoms with Crippen molar-refractivity contribution in [2.75, 3.05) is 12.3 Å². The number of ketones is 1. The highest BCUT2D eigenvalue weighted by molar-refractivity contribution is 6.09. The van der Waals surface area contributed by atoms with Crippen LogP contribution in [0.1, 0.15) is 28.4 Å². The first kappa shape index (κ1) is 13.1. The second-order valence-corrected chi connectivity index (χ2v) is 4.24. The second-order valence-electron chi connectivity index (χ2n) is 4.24. The number of aromatic nitrogens is 1. The van der Waals surface area contributed by atoms with E-state index < -0.39 is 0 Å². The molecule has 4 heteroatoms. The molecule has 0 aliphatic rings. The van der Waals surface area contributed by atoms with Crippen molar-refractivity contribution in [2.45, 2.75) is 13.8 Å². The van der Waals surface area contributed by atoms with Crippen LogP contribution in [0.15, 0.2) is 36.7 Å². The first-order valence-corrected chi connectivity index (χ1v) is 6.10. The van der Waals surface area contributed by atoms with Gasteiger partial charge < -0.3 is 10.5 Å². The lowest BCUT2D eigenvalue weighted by Gasteiger charge is -2.06. The van der Waals surface area contributed by atoms with Crippen LogP contribution in [0.4, 0.5) is 5.69 Å². The molecule has 0 aliphatic carbocycles. The molecule has 0 radical (unpaired) electrons. The van der Waals surface area contributed by atoms with Crippen molar-refractivity contribution in [2.24, 2.45) is 0 Å². The highest BCUT2D eigenvalue weighted by Crippen LogP contribution is 2.18. The van der Waals surface area contributed by atoms with Gasteiger partial charge in [-0.25, -0.2) is 0 Å². The number of rotatable bonds is 4. The molecule has 0 fully saturated rings. The van der Waals surface area contributed by atoms with Gasteiger partial charge >= 0.3 is 0 Å². The van der Waals surface area contributed by atoms with Crippen molar-refractivity contribution in [3.05, 3.63) is 53.3 Å². The molecule has 0 spiro atoms. The summed E-state index contributed by atoms with van der Waals surface area (Å²) in [6.07, 6.45) is 3.12. The Morgan fingerprint density at radius 1 is 1.26 bits per heavy atom. The molecule has 1 heterocycles. The summed E-state index contributed by atoms with van der Waals surface area (Å²) < 4.78 is 5.34. The van der Waals surface area contributed by atoms with Crippen LogP contribution < -0.4 is 10.5 Å². The molecule has 0 bridgehead atoms. The fourth-order valence-corrected chi connectivity index (χ4v) is 1.74. The second kappa shape index (κ2) is 5.52. The number of benzene rings is 1. The van der Waals surface area contributed by atoms with E-state index in [0.717, 1.165) is 5.56 Å². The van der Waals surface area contributed by atoms with Crippen LogP contribution >= 0.6 is 0 Å². The Bertz CT molecular complexity index is 609. The van der Waals surface area contributed by atoms with Crippen molar-refractivity contribution in [1.82, 2.24) is 4.98 Å². The van der Waals surface area contributed by atoms with Gasteiger partial charge in [0, 0.05) is 23.0 Å². The van der Waals surface area contributed by atoms with Crippen molar-refractivity contribution in [3.8, 4) is 5.75 Å². The van der Waals surface area contributed by atoms with Crippen LogP contribution in [0, 0.1) is 6.92 Å². The summed E-state index contributed by atoms with van der Waals surface area (Å²) in [7, 11) is 0. The van der Waals surface area contributed by atoms with Crippen molar-refractivity contribution >= 4 is 11.5 Å². The summed E-state index contributed by atoms with van der Waals surface area (Å²) in [5, 5.41) is 0. The van der Waals surface area contributed by atoms with E-state index in [4.69, 9.17) is 10.5 Å². The predicted molar refractivity (Wildman–Crippen MR) is 74.4 cm³/mol. The maximum atomic E-state index is 12.3. The molecule has 0 atom stereocenters. The van der Waals surface area contributed by atoms with Gasteiger partial charge in [-0.15, -0.1) is 0 Å². The first-order chi connectivity index (χ1) is 9.11. The molecule has 19 heavy (non-hydrogen) atoms. The molecule has 0 saturated carbocycles. The molecule has 1 aromatic carbocycles. The summed E-state index contributed by atoms with van der Waals surface area (Å²) in [6, 6.07) is 6.98. The maximum absolute atomic E-state index is 12.3. The fraction of sp³-hybridized carbons (Fsp3) is 0.200. The van der Waals surface area contributed by atoms with Crippen LogP contribution in [0.25, 0.3) is 0 Å². The molecule has 0 amide bonds. The summed E-state index contributed by atoms with van der Waals surface area (Å²) in [5.41, 5.74) is 8.44. The van der Waals surface area contributed by atoms with Crippen LogP contribution in [0.5, 0.6) is 5.75 Å². The van der Waals surface area contributed by atoms with Crippen molar-refractivity contribution in [1.29, 1.82) is 0 Å². The number of nitrogens with zero attached hydrogens (tertiary/aromatic N) is 1. The van der Waals surface area contributed by atoms with Gasteiger partial charge in [-0.1, -0.05) is 12.1 Å². The van der Waals surface area contributed by atoms with Gasteiger partial charge in [-0.2, -0.15) is 0 Å². The minimum absolute atomic E-state index is 0.110.